The van der Waals surface area contributed by atoms with Crippen LogP contribution in [0.4, 0.5) is 0 Å². The third-order valence-electron chi connectivity index (χ3n) is 3.98. The highest BCUT2D eigenvalue weighted by Gasteiger charge is 2.41. The molecule has 0 radical (unpaired) electrons. The Hall–Kier alpha value is -1.53. The maximum Gasteiger partial charge on any atom is 0.124 e. The second-order valence-electron chi connectivity index (χ2n) is 5.13. The van der Waals surface area contributed by atoms with Crippen molar-refractivity contribution in [3.05, 3.63) is 28.3 Å². The molecule has 1 heterocycles. The number of aryl methyl sites for hydroxylation is 1. The lowest BCUT2D eigenvalue weighted by Gasteiger charge is -2.41. The summed E-state index contributed by atoms with van der Waals surface area (Å²) in [5.74, 6) is 0.948. The predicted octanol–water partition coefficient (Wildman–Crippen LogP) is 2.80. The number of rotatable bonds is 3. The number of hydrogen-bond acceptors (Lipinski definition) is 3. The lowest BCUT2D eigenvalue weighted by Crippen LogP contribution is -2.47. The molecule has 0 unspecified atom stereocenters. The number of methoxy groups -OCH3 is 1. The first kappa shape index (κ1) is 12.9. The molecule has 2 rings (SSSR count). The summed E-state index contributed by atoms with van der Waals surface area (Å²) in [6, 6.07) is 4.45. The van der Waals surface area contributed by atoms with Crippen molar-refractivity contribution in [2.24, 2.45) is 0 Å². The number of ether oxygens (including phenoxy) is 2. The van der Waals surface area contributed by atoms with Gasteiger partial charge in [-0.15, -0.1) is 0 Å². The Labute approximate surface area is 108 Å². The number of nitrogens with zero attached hydrogens (tertiary/aromatic N) is 1. The highest BCUT2D eigenvalue weighted by Crippen LogP contribution is 2.41. The fourth-order valence-electron chi connectivity index (χ4n) is 2.78. The molecule has 0 bridgehead atoms. The standard InChI is InChI=1S/C15H19NO2/c1-10-7-13(11(2)12(3)14(10)17-4)15(5-6-16)8-18-9-15/h7H,5,8-9H2,1-4H3. The predicted molar refractivity (Wildman–Crippen MR) is 69.9 cm³/mol. The lowest BCUT2D eigenvalue weighted by atomic mass is 9.73. The van der Waals surface area contributed by atoms with Gasteiger partial charge in [-0.3, -0.25) is 0 Å². The van der Waals surface area contributed by atoms with Gasteiger partial charge in [-0.25, -0.2) is 0 Å². The molecule has 3 heteroatoms. The number of hydrogen-bond donors (Lipinski definition) is 0. The van der Waals surface area contributed by atoms with Gasteiger partial charge in [0.05, 0.1) is 31.8 Å². The van der Waals surface area contributed by atoms with Crippen molar-refractivity contribution in [3.8, 4) is 11.8 Å². The smallest absolute Gasteiger partial charge is 0.124 e. The van der Waals surface area contributed by atoms with Gasteiger partial charge in [0.2, 0.25) is 0 Å². The molecule has 1 aliphatic rings. The van der Waals surface area contributed by atoms with Gasteiger partial charge >= 0.3 is 0 Å². The number of benzene rings is 1. The second-order valence-corrected chi connectivity index (χ2v) is 5.13. The SMILES string of the molecule is COc1c(C)cc(C2(CC#N)COC2)c(C)c1C. The Morgan fingerprint density at radius 3 is 2.44 bits per heavy atom. The molecule has 3 nitrogen and oxygen atoms in total. The monoisotopic (exact) mass is 245 g/mol. The van der Waals surface area contributed by atoms with Crippen molar-refractivity contribution in [3.63, 3.8) is 0 Å². The highest BCUT2D eigenvalue weighted by atomic mass is 16.5. The van der Waals surface area contributed by atoms with E-state index in [1.54, 1.807) is 7.11 Å². The summed E-state index contributed by atoms with van der Waals surface area (Å²) in [5, 5.41) is 9.03. The van der Waals surface area contributed by atoms with Crippen LogP contribution in [0.1, 0.15) is 28.7 Å². The summed E-state index contributed by atoms with van der Waals surface area (Å²) >= 11 is 0. The molecule has 0 N–H and O–H groups in total. The van der Waals surface area contributed by atoms with Gasteiger partial charge in [0, 0.05) is 6.42 Å². The van der Waals surface area contributed by atoms with E-state index in [0.717, 1.165) is 16.9 Å². The average Bonchev–Trinajstić information content (AvgIpc) is 2.29. The van der Waals surface area contributed by atoms with Crippen molar-refractivity contribution in [2.45, 2.75) is 32.6 Å². The molecular weight excluding hydrogens is 226 g/mol. The third-order valence-corrected chi connectivity index (χ3v) is 3.98. The molecule has 0 atom stereocenters. The zero-order valence-corrected chi connectivity index (χ0v) is 11.5. The Morgan fingerprint density at radius 1 is 1.33 bits per heavy atom. The van der Waals surface area contributed by atoms with E-state index in [1.807, 2.05) is 6.92 Å². The van der Waals surface area contributed by atoms with E-state index in [1.165, 1.54) is 11.1 Å². The van der Waals surface area contributed by atoms with Gasteiger partial charge < -0.3 is 9.47 Å². The topological polar surface area (TPSA) is 42.2 Å². The van der Waals surface area contributed by atoms with Crippen LogP contribution in [-0.2, 0) is 10.2 Å². The zero-order valence-electron chi connectivity index (χ0n) is 11.5. The minimum absolute atomic E-state index is 0.110. The van der Waals surface area contributed by atoms with Gasteiger partial charge in [-0.1, -0.05) is 6.07 Å². The Balaban J connectivity index is 2.56. The Morgan fingerprint density at radius 2 is 2.00 bits per heavy atom. The normalized spacial score (nSPS) is 16.8. The fourth-order valence-corrected chi connectivity index (χ4v) is 2.78. The van der Waals surface area contributed by atoms with Gasteiger partial charge in [-0.2, -0.15) is 5.26 Å². The van der Waals surface area contributed by atoms with E-state index in [2.05, 4.69) is 26.0 Å². The van der Waals surface area contributed by atoms with E-state index >= 15 is 0 Å². The van der Waals surface area contributed by atoms with Crippen LogP contribution in [0, 0.1) is 32.1 Å². The van der Waals surface area contributed by atoms with Crippen molar-refractivity contribution in [1.29, 1.82) is 5.26 Å². The summed E-state index contributed by atoms with van der Waals surface area (Å²) in [7, 11) is 1.70. The second kappa shape index (κ2) is 4.62. The van der Waals surface area contributed by atoms with E-state index in [0.29, 0.717) is 19.6 Å². The van der Waals surface area contributed by atoms with E-state index in [9.17, 15) is 0 Å². The van der Waals surface area contributed by atoms with Gasteiger partial charge in [0.1, 0.15) is 5.75 Å². The van der Waals surface area contributed by atoms with Crippen molar-refractivity contribution >= 4 is 0 Å². The van der Waals surface area contributed by atoms with Crippen molar-refractivity contribution in [1.82, 2.24) is 0 Å². The molecule has 18 heavy (non-hydrogen) atoms. The maximum atomic E-state index is 9.03. The summed E-state index contributed by atoms with van der Waals surface area (Å²) in [5.41, 5.74) is 4.64. The largest absolute Gasteiger partial charge is 0.496 e. The maximum absolute atomic E-state index is 9.03. The molecule has 1 aliphatic heterocycles. The third kappa shape index (κ3) is 1.77. The van der Waals surface area contributed by atoms with E-state index in [4.69, 9.17) is 14.7 Å². The molecule has 0 aromatic heterocycles. The minimum atomic E-state index is -0.110. The van der Waals surface area contributed by atoms with Crippen LogP contribution < -0.4 is 4.74 Å². The average molecular weight is 245 g/mol. The molecule has 1 fully saturated rings. The molecule has 0 spiro atoms. The van der Waals surface area contributed by atoms with Crippen molar-refractivity contribution < 1.29 is 9.47 Å². The van der Waals surface area contributed by atoms with E-state index in [-0.39, 0.29) is 5.41 Å². The van der Waals surface area contributed by atoms with Crippen LogP contribution >= 0.6 is 0 Å². The molecule has 1 aromatic rings. The lowest BCUT2D eigenvalue weighted by molar-refractivity contribution is -0.0580. The molecule has 0 amide bonds. The quantitative estimate of drug-likeness (QED) is 0.822. The summed E-state index contributed by atoms with van der Waals surface area (Å²) in [6.07, 6.45) is 0.513. The van der Waals surface area contributed by atoms with Crippen LogP contribution in [0.25, 0.3) is 0 Å². The first-order valence-electron chi connectivity index (χ1n) is 6.15. The molecular formula is C15H19NO2. The van der Waals surface area contributed by atoms with Gasteiger partial charge in [0.15, 0.2) is 0 Å². The zero-order chi connectivity index (χ0) is 13.3. The molecule has 0 saturated carbocycles. The first-order chi connectivity index (χ1) is 8.55. The van der Waals surface area contributed by atoms with Crippen LogP contribution in [0.2, 0.25) is 0 Å². The van der Waals surface area contributed by atoms with Crippen molar-refractivity contribution in [2.75, 3.05) is 20.3 Å². The highest BCUT2D eigenvalue weighted by molar-refractivity contribution is 5.52. The Bertz CT molecular complexity index is 510. The fraction of sp³-hybridized carbons (Fsp3) is 0.533. The number of nitriles is 1. The molecule has 0 aliphatic carbocycles. The van der Waals surface area contributed by atoms with Gasteiger partial charge in [0.25, 0.3) is 0 Å². The summed E-state index contributed by atoms with van der Waals surface area (Å²) in [4.78, 5) is 0. The van der Waals surface area contributed by atoms with Crippen LogP contribution in [0.15, 0.2) is 6.07 Å². The van der Waals surface area contributed by atoms with Crippen LogP contribution in [0.5, 0.6) is 5.75 Å². The van der Waals surface area contributed by atoms with Crippen LogP contribution in [0.3, 0.4) is 0 Å². The molecule has 1 saturated heterocycles. The van der Waals surface area contributed by atoms with Crippen LogP contribution in [-0.4, -0.2) is 20.3 Å². The summed E-state index contributed by atoms with van der Waals surface area (Å²) < 4.78 is 10.8. The van der Waals surface area contributed by atoms with Gasteiger partial charge in [-0.05, 0) is 43.0 Å². The Kier molecular flexibility index (Phi) is 3.32. The van der Waals surface area contributed by atoms with E-state index < -0.39 is 0 Å². The first-order valence-corrected chi connectivity index (χ1v) is 6.15. The molecule has 96 valence electrons. The summed E-state index contributed by atoms with van der Waals surface area (Å²) in [6.45, 7) is 7.52. The molecule has 1 aromatic carbocycles. The minimum Gasteiger partial charge on any atom is -0.496 e.